The van der Waals surface area contributed by atoms with E-state index in [1.54, 1.807) is 0 Å². The lowest BCUT2D eigenvalue weighted by molar-refractivity contribution is -0.140. The normalized spacial score (nSPS) is 13.6. The third-order valence-corrected chi connectivity index (χ3v) is 2.18. The summed E-state index contributed by atoms with van der Waals surface area (Å²) in [7, 11) is 0. The molecule has 0 fully saturated rings. The lowest BCUT2D eigenvalue weighted by Crippen LogP contribution is -2.47. The molecule has 2 unspecified atom stereocenters. The number of nitrogens with one attached hydrogen (secondary N) is 2. The second-order valence-corrected chi connectivity index (χ2v) is 3.72. The summed E-state index contributed by atoms with van der Waals surface area (Å²) in [6, 6.07) is -3.04. The number of aliphatic hydroxyl groups is 2. The Kier molecular flexibility index (Phi) is 5.83. The summed E-state index contributed by atoms with van der Waals surface area (Å²) in [5.74, 6) is -1.31. The van der Waals surface area contributed by atoms with Crippen molar-refractivity contribution in [3.8, 4) is 0 Å². The van der Waals surface area contributed by atoms with Crippen LogP contribution in [0.15, 0.2) is 4.42 Å². The van der Waals surface area contributed by atoms with E-state index in [1.165, 1.54) is 0 Å². The first kappa shape index (κ1) is 15.8. The fraction of sp³-hybridized carbons (Fsp3) is 0.556. The van der Waals surface area contributed by atoms with Gasteiger partial charge in [0.1, 0.15) is 6.04 Å². The molecule has 1 rings (SSSR count). The lowest BCUT2D eigenvalue weighted by atomic mass is 10.3. The number of hydrogen-bond acceptors (Lipinski definition) is 8. The Labute approximate surface area is 112 Å². The summed E-state index contributed by atoms with van der Waals surface area (Å²) in [6.07, 6.45) is 0. The Morgan fingerprint density at radius 3 is 2.55 bits per heavy atom. The highest BCUT2D eigenvalue weighted by atomic mass is 16.4. The summed E-state index contributed by atoms with van der Waals surface area (Å²) in [6.45, 7) is -1.26. The standard InChI is InChI=1S/C9H15N5O6/c10-4(2-15)7-14-13-6(20-7)1-11-9(19)12-5(3-16)8(17)18/h4-5,15-16H,1-3,10H2,(H,17,18)(H2,11,12,19). The van der Waals surface area contributed by atoms with Crippen molar-refractivity contribution < 1.29 is 29.3 Å². The summed E-state index contributed by atoms with van der Waals surface area (Å²) in [5, 5.41) is 37.5. The van der Waals surface area contributed by atoms with E-state index >= 15 is 0 Å². The van der Waals surface area contributed by atoms with E-state index in [-0.39, 0.29) is 24.9 Å². The maximum atomic E-state index is 11.3. The number of amides is 2. The predicted octanol–water partition coefficient (Wildman–Crippen LogP) is -2.69. The number of aromatic nitrogens is 2. The van der Waals surface area contributed by atoms with Crippen molar-refractivity contribution >= 4 is 12.0 Å². The van der Waals surface area contributed by atoms with Crippen LogP contribution in [-0.4, -0.2) is 56.8 Å². The van der Waals surface area contributed by atoms with Crippen molar-refractivity contribution in [3.63, 3.8) is 0 Å². The van der Waals surface area contributed by atoms with Crippen LogP contribution < -0.4 is 16.4 Å². The largest absolute Gasteiger partial charge is 0.480 e. The number of nitrogens with two attached hydrogens (primary N) is 1. The molecule has 11 nitrogen and oxygen atoms in total. The van der Waals surface area contributed by atoms with Crippen LogP contribution in [0.2, 0.25) is 0 Å². The molecule has 0 aliphatic heterocycles. The van der Waals surface area contributed by atoms with Gasteiger partial charge >= 0.3 is 12.0 Å². The molecule has 0 saturated carbocycles. The van der Waals surface area contributed by atoms with Gasteiger partial charge in [-0.25, -0.2) is 9.59 Å². The lowest BCUT2D eigenvalue weighted by Gasteiger charge is -2.11. The zero-order valence-corrected chi connectivity index (χ0v) is 10.3. The Balaban J connectivity index is 2.45. The molecule has 0 aromatic carbocycles. The third-order valence-electron chi connectivity index (χ3n) is 2.18. The highest BCUT2D eigenvalue weighted by molar-refractivity contribution is 5.82. The van der Waals surface area contributed by atoms with Gasteiger partial charge in [0, 0.05) is 0 Å². The van der Waals surface area contributed by atoms with Gasteiger partial charge in [-0.05, 0) is 0 Å². The van der Waals surface area contributed by atoms with Gasteiger partial charge in [-0.3, -0.25) is 0 Å². The highest BCUT2D eigenvalue weighted by Gasteiger charge is 2.19. The quantitative estimate of drug-likeness (QED) is 0.311. The number of carbonyl (C=O) groups is 2. The molecule has 20 heavy (non-hydrogen) atoms. The van der Waals surface area contributed by atoms with Crippen molar-refractivity contribution in [1.82, 2.24) is 20.8 Å². The molecular weight excluding hydrogens is 274 g/mol. The molecule has 7 N–H and O–H groups in total. The van der Waals surface area contributed by atoms with Crippen molar-refractivity contribution in [1.29, 1.82) is 0 Å². The molecule has 0 spiro atoms. The first-order valence-corrected chi connectivity index (χ1v) is 5.54. The van der Waals surface area contributed by atoms with E-state index in [1.807, 2.05) is 5.32 Å². The molecule has 11 heteroatoms. The average molecular weight is 289 g/mol. The van der Waals surface area contributed by atoms with Crippen LogP contribution in [0.3, 0.4) is 0 Å². The molecule has 2 amide bonds. The highest BCUT2D eigenvalue weighted by Crippen LogP contribution is 2.07. The zero-order chi connectivity index (χ0) is 15.1. The molecule has 2 atom stereocenters. The van der Waals surface area contributed by atoms with Crippen molar-refractivity contribution in [2.24, 2.45) is 5.73 Å². The second-order valence-electron chi connectivity index (χ2n) is 3.72. The minimum atomic E-state index is -1.41. The summed E-state index contributed by atoms with van der Waals surface area (Å²) < 4.78 is 5.05. The molecule has 0 bridgehead atoms. The molecule has 1 aromatic heterocycles. The van der Waals surface area contributed by atoms with Crippen LogP contribution in [-0.2, 0) is 11.3 Å². The maximum absolute atomic E-state index is 11.3. The van der Waals surface area contributed by atoms with Crippen LogP contribution in [0.25, 0.3) is 0 Å². The minimum Gasteiger partial charge on any atom is -0.480 e. The number of aliphatic hydroxyl groups excluding tert-OH is 2. The van der Waals surface area contributed by atoms with E-state index in [0.717, 1.165) is 0 Å². The molecule has 0 aliphatic rings. The summed E-state index contributed by atoms with van der Waals surface area (Å²) in [5.41, 5.74) is 5.44. The number of rotatable bonds is 7. The topological polar surface area (TPSA) is 184 Å². The molecular formula is C9H15N5O6. The van der Waals surface area contributed by atoms with Gasteiger partial charge in [-0.15, -0.1) is 10.2 Å². The first-order valence-electron chi connectivity index (χ1n) is 5.54. The Morgan fingerprint density at radius 2 is 2.00 bits per heavy atom. The van der Waals surface area contributed by atoms with E-state index in [2.05, 4.69) is 15.5 Å². The number of carbonyl (C=O) groups excluding carboxylic acids is 1. The fourth-order valence-corrected chi connectivity index (χ4v) is 1.12. The monoisotopic (exact) mass is 289 g/mol. The number of carboxylic acids is 1. The minimum absolute atomic E-state index is 0.0171. The van der Waals surface area contributed by atoms with Crippen LogP contribution in [0, 0.1) is 0 Å². The number of urea groups is 1. The molecule has 0 radical (unpaired) electrons. The van der Waals surface area contributed by atoms with Crippen molar-refractivity contribution in [2.75, 3.05) is 13.2 Å². The van der Waals surface area contributed by atoms with Crippen LogP contribution in [0.1, 0.15) is 17.8 Å². The molecule has 0 saturated heterocycles. The summed E-state index contributed by atoms with van der Waals surface area (Å²) in [4.78, 5) is 21.9. The van der Waals surface area contributed by atoms with Gasteiger partial charge < -0.3 is 36.1 Å². The van der Waals surface area contributed by atoms with Crippen LogP contribution in [0.5, 0.6) is 0 Å². The van der Waals surface area contributed by atoms with Crippen molar-refractivity contribution in [2.45, 2.75) is 18.6 Å². The van der Waals surface area contributed by atoms with Gasteiger partial charge in [-0.2, -0.15) is 0 Å². The molecule has 0 aliphatic carbocycles. The second kappa shape index (κ2) is 7.37. The molecule has 112 valence electrons. The zero-order valence-electron chi connectivity index (χ0n) is 10.3. The number of hydrogen-bond donors (Lipinski definition) is 6. The van der Waals surface area contributed by atoms with E-state index in [0.29, 0.717) is 0 Å². The number of carboxylic acid groups (broad SMARTS) is 1. The molecule has 1 heterocycles. The van der Waals surface area contributed by atoms with Crippen LogP contribution in [0.4, 0.5) is 4.79 Å². The fourth-order valence-electron chi connectivity index (χ4n) is 1.12. The average Bonchev–Trinajstić information content (AvgIpc) is 2.90. The summed E-state index contributed by atoms with van der Waals surface area (Å²) >= 11 is 0. The van der Waals surface area contributed by atoms with Crippen LogP contribution >= 0.6 is 0 Å². The number of nitrogens with zero attached hydrogens (tertiary/aromatic N) is 2. The van der Waals surface area contributed by atoms with Gasteiger partial charge in [0.15, 0.2) is 6.04 Å². The SMILES string of the molecule is NC(CO)c1nnc(CNC(=O)NC(CO)C(=O)O)o1. The van der Waals surface area contributed by atoms with Gasteiger partial charge in [0.25, 0.3) is 0 Å². The smallest absolute Gasteiger partial charge is 0.328 e. The van der Waals surface area contributed by atoms with Gasteiger partial charge in [-0.1, -0.05) is 0 Å². The molecule has 1 aromatic rings. The van der Waals surface area contributed by atoms with E-state index in [4.69, 9.17) is 25.5 Å². The number of aliphatic carboxylic acids is 1. The third kappa shape index (κ3) is 4.46. The maximum Gasteiger partial charge on any atom is 0.328 e. The predicted molar refractivity (Wildman–Crippen MR) is 62.2 cm³/mol. The van der Waals surface area contributed by atoms with Crippen molar-refractivity contribution in [3.05, 3.63) is 11.8 Å². The Hall–Kier alpha value is -2.24. The van der Waals surface area contributed by atoms with E-state index in [9.17, 15) is 9.59 Å². The Bertz CT molecular complexity index is 463. The Morgan fingerprint density at radius 1 is 1.30 bits per heavy atom. The van der Waals surface area contributed by atoms with E-state index < -0.39 is 30.7 Å². The van der Waals surface area contributed by atoms with Gasteiger partial charge in [0.2, 0.25) is 11.8 Å². The van der Waals surface area contributed by atoms with Gasteiger partial charge in [0.05, 0.1) is 19.8 Å². The first-order chi connectivity index (χ1) is 9.47.